The van der Waals surface area contributed by atoms with Gasteiger partial charge in [-0.25, -0.2) is 0 Å². The van der Waals surface area contributed by atoms with Crippen molar-refractivity contribution < 1.29 is 4.74 Å². The van der Waals surface area contributed by atoms with Crippen molar-refractivity contribution in [2.75, 3.05) is 7.11 Å². The summed E-state index contributed by atoms with van der Waals surface area (Å²) in [6.07, 6.45) is 5.53. The van der Waals surface area contributed by atoms with Crippen LogP contribution in [0.15, 0.2) is 54.6 Å². The fourth-order valence-corrected chi connectivity index (χ4v) is 3.58. The summed E-state index contributed by atoms with van der Waals surface area (Å²) in [6, 6.07) is 19.2. The van der Waals surface area contributed by atoms with Crippen LogP contribution in [0.5, 0.6) is 5.75 Å². The topological polar surface area (TPSA) is 35.2 Å². The van der Waals surface area contributed by atoms with Crippen molar-refractivity contribution in [3.8, 4) is 5.75 Å². The summed E-state index contributed by atoms with van der Waals surface area (Å²) in [5.74, 6) is 1.58. The van der Waals surface area contributed by atoms with Gasteiger partial charge in [0.15, 0.2) is 0 Å². The molecule has 0 spiro atoms. The Kier molecular flexibility index (Phi) is 4.49. The average Bonchev–Trinajstić information content (AvgIpc) is 2.57. The van der Waals surface area contributed by atoms with Gasteiger partial charge in [0, 0.05) is 5.54 Å². The Morgan fingerprint density at radius 3 is 2.23 bits per heavy atom. The molecule has 2 aromatic rings. The first-order valence-corrected chi connectivity index (χ1v) is 8.15. The molecule has 0 saturated heterocycles. The van der Waals surface area contributed by atoms with Crippen LogP contribution in [0.2, 0.25) is 0 Å². The molecule has 0 unspecified atom stereocenters. The fourth-order valence-electron chi connectivity index (χ4n) is 3.58. The minimum absolute atomic E-state index is 0.0557. The van der Waals surface area contributed by atoms with Gasteiger partial charge in [-0.1, -0.05) is 42.5 Å². The predicted molar refractivity (Wildman–Crippen MR) is 91.3 cm³/mol. The molecule has 0 radical (unpaired) electrons. The van der Waals surface area contributed by atoms with Gasteiger partial charge >= 0.3 is 0 Å². The molecule has 0 amide bonds. The number of rotatable bonds is 4. The highest BCUT2D eigenvalue weighted by molar-refractivity contribution is 5.29. The van der Waals surface area contributed by atoms with Crippen molar-refractivity contribution in [3.63, 3.8) is 0 Å². The molecule has 0 bridgehead atoms. The average molecular weight is 295 g/mol. The van der Waals surface area contributed by atoms with E-state index in [0.717, 1.165) is 25.0 Å². The highest BCUT2D eigenvalue weighted by atomic mass is 16.5. The summed E-state index contributed by atoms with van der Waals surface area (Å²) in [5.41, 5.74) is 9.39. The summed E-state index contributed by atoms with van der Waals surface area (Å²) < 4.78 is 5.22. The number of methoxy groups -OCH3 is 1. The predicted octanol–water partition coefficient (Wildman–Crippen LogP) is 4.29. The monoisotopic (exact) mass is 295 g/mol. The van der Waals surface area contributed by atoms with E-state index in [0.29, 0.717) is 5.92 Å². The second-order valence-electron chi connectivity index (χ2n) is 6.57. The normalized spacial score (nSPS) is 24.9. The lowest BCUT2D eigenvalue weighted by molar-refractivity contribution is 0.271. The fraction of sp³-hybridized carbons (Fsp3) is 0.400. The lowest BCUT2D eigenvalue weighted by Crippen LogP contribution is -2.45. The molecule has 3 rings (SSSR count). The van der Waals surface area contributed by atoms with Gasteiger partial charge in [-0.15, -0.1) is 0 Å². The third-order valence-corrected chi connectivity index (χ3v) is 4.97. The zero-order chi connectivity index (χ0) is 15.4. The molecule has 2 aromatic carbocycles. The standard InChI is InChI=1S/C20H25NO/c1-22-19-9-7-16(8-10-19)15-20(21)13-11-18(12-14-20)17-5-3-2-4-6-17/h2-10,18H,11-15,21H2,1H3. The van der Waals surface area contributed by atoms with Crippen LogP contribution < -0.4 is 10.5 Å². The van der Waals surface area contributed by atoms with E-state index in [4.69, 9.17) is 10.5 Å². The molecular formula is C20H25NO. The first kappa shape index (κ1) is 15.1. The Hall–Kier alpha value is -1.80. The van der Waals surface area contributed by atoms with E-state index < -0.39 is 0 Å². The van der Waals surface area contributed by atoms with Crippen LogP contribution >= 0.6 is 0 Å². The van der Waals surface area contributed by atoms with Crippen LogP contribution in [0.1, 0.15) is 42.7 Å². The lowest BCUT2D eigenvalue weighted by atomic mass is 9.72. The quantitative estimate of drug-likeness (QED) is 0.913. The molecule has 2 N–H and O–H groups in total. The second-order valence-corrected chi connectivity index (χ2v) is 6.57. The van der Waals surface area contributed by atoms with Crippen LogP contribution in [0.4, 0.5) is 0 Å². The van der Waals surface area contributed by atoms with Gasteiger partial charge in [-0.3, -0.25) is 0 Å². The van der Waals surface area contributed by atoms with Gasteiger partial charge in [0.1, 0.15) is 5.75 Å². The number of benzene rings is 2. The molecule has 1 saturated carbocycles. The zero-order valence-corrected chi connectivity index (χ0v) is 13.3. The highest BCUT2D eigenvalue weighted by Crippen LogP contribution is 2.38. The molecule has 0 aliphatic heterocycles. The third kappa shape index (κ3) is 3.50. The Balaban J connectivity index is 1.61. The van der Waals surface area contributed by atoms with Crippen LogP contribution in [-0.2, 0) is 6.42 Å². The van der Waals surface area contributed by atoms with Gasteiger partial charge in [0.05, 0.1) is 7.11 Å². The van der Waals surface area contributed by atoms with E-state index in [1.54, 1.807) is 7.11 Å². The zero-order valence-electron chi connectivity index (χ0n) is 13.3. The highest BCUT2D eigenvalue weighted by Gasteiger charge is 2.32. The summed E-state index contributed by atoms with van der Waals surface area (Å²) in [4.78, 5) is 0. The van der Waals surface area contributed by atoms with Crippen LogP contribution in [-0.4, -0.2) is 12.6 Å². The van der Waals surface area contributed by atoms with E-state index >= 15 is 0 Å². The van der Waals surface area contributed by atoms with Crippen molar-refractivity contribution in [2.45, 2.75) is 43.6 Å². The Morgan fingerprint density at radius 1 is 1.00 bits per heavy atom. The molecule has 22 heavy (non-hydrogen) atoms. The van der Waals surface area contributed by atoms with E-state index in [-0.39, 0.29) is 5.54 Å². The van der Waals surface area contributed by atoms with Crippen molar-refractivity contribution in [3.05, 3.63) is 65.7 Å². The first-order valence-electron chi connectivity index (χ1n) is 8.15. The molecule has 1 fully saturated rings. The number of nitrogens with two attached hydrogens (primary N) is 1. The van der Waals surface area contributed by atoms with Gasteiger partial charge in [0.25, 0.3) is 0 Å². The molecular weight excluding hydrogens is 270 g/mol. The van der Waals surface area contributed by atoms with Crippen LogP contribution in [0, 0.1) is 0 Å². The summed E-state index contributed by atoms with van der Waals surface area (Å²) >= 11 is 0. The van der Waals surface area contributed by atoms with E-state index in [1.165, 1.54) is 24.0 Å². The molecule has 0 aromatic heterocycles. The maximum Gasteiger partial charge on any atom is 0.118 e. The first-order chi connectivity index (χ1) is 10.7. The van der Waals surface area contributed by atoms with Crippen molar-refractivity contribution in [2.24, 2.45) is 5.73 Å². The minimum Gasteiger partial charge on any atom is -0.497 e. The van der Waals surface area contributed by atoms with Gasteiger partial charge in [-0.2, -0.15) is 0 Å². The van der Waals surface area contributed by atoms with Crippen LogP contribution in [0.25, 0.3) is 0 Å². The third-order valence-electron chi connectivity index (χ3n) is 4.97. The second kappa shape index (κ2) is 6.53. The Morgan fingerprint density at radius 2 is 1.64 bits per heavy atom. The van der Waals surface area contributed by atoms with Gasteiger partial charge in [0.2, 0.25) is 0 Å². The van der Waals surface area contributed by atoms with E-state index in [2.05, 4.69) is 42.5 Å². The van der Waals surface area contributed by atoms with Crippen molar-refractivity contribution >= 4 is 0 Å². The van der Waals surface area contributed by atoms with Crippen molar-refractivity contribution in [1.29, 1.82) is 0 Å². The van der Waals surface area contributed by atoms with E-state index in [1.807, 2.05) is 12.1 Å². The van der Waals surface area contributed by atoms with Crippen LogP contribution in [0.3, 0.4) is 0 Å². The molecule has 0 heterocycles. The number of hydrogen-bond donors (Lipinski definition) is 1. The number of hydrogen-bond acceptors (Lipinski definition) is 2. The summed E-state index contributed by atoms with van der Waals surface area (Å²) in [7, 11) is 1.70. The van der Waals surface area contributed by atoms with E-state index in [9.17, 15) is 0 Å². The lowest BCUT2D eigenvalue weighted by Gasteiger charge is -2.37. The van der Waals surface area contributed by atoms with Crippen molar-refractivity contribution in [1.82, 2.24) is 0 Å². The smallest absolute Gasteiger partial charge is 0.118 e. The summed E-state index contributed by atoms with van der Waals surface area (Å²) in [6.45, 7) is 0. The SMILES string of the molecule is COc1ccc(CC2(N)CCC(c3ccccc3)CC2)cc1. The molecule has 0 atom stereocenters. The molecule has 2 nitrogen and oxygen atoms in total. The molecule has 2 heteroatoms. The maximum atomic E-state index is 6.67. The molecule has 116 valence electrons. The van der Waals surface area contributed by atoms with Gasteiger partial charge in [-0.05, 0) is 61.3 Å². The maximum absolute atomic E-state index is 6.67. The Labute approximate surface area is 133 Å². The number of ether oxygens (including phenoxy) is 1. The Bertz CT molecular complexity index is 583. The molecule has 1 aliphatic carbocycles. The molecule has 1 aliphatic rings. The largest absolute Gasteiger partial charge is 0.497 e. The summed E-state index contributed by atoms with van der Waals surface area (Å²) in [5, 5.41) is 0. The van der Waals surface area contributed by atoms with Gasteiger partial charge < -0.3 is 10.5 Å². The minimum atomic E-state index is -0.0557.